The number of phenols is 1. The van der Waals surface area contributed by atoms with Crippen LogP contribution < -0.4 is 14.9 Å². The molecule has 31 heavy (non-hydrogen) atoms. The SMILES string of the molecule is COc1ccc(C(=O)N/N=C\c2cc(I)c(OCc3ccc(Cl)cc3)c(I)c2)c(O)c1. The van der Waals surface area contributed by atoms with E-state index in [4.69, 9.17) is 21.1 Å². The second-order valence-electron chi connectivity index (χ2n) is 6.31. The van der Waals surface area contributed by atoms with Gasteiger partial charge in [-0.1, -0.05) is 23.7 Å². The summed E-state index contributed by atoms with van der Waals surface area (Å²) in [7, 11) is 1.48. The van der Waals surface area contributed by atoms with Gasteiger partial charge in [0.2, 0.25) is 0 Å². The first-order valence-corrected chi connectivity index (χ1v) is 11.5. The molecule has 0 unspecified atom stereocenters. The molecular formula is C22H17ClI2N2O4. The van der Waals surface area contributed by atoms with E-state index in [1.54, 1.807) is 6.07 Å². The lowest BCUT2D eigenvalue weighted by molar-refractivity contribution is 0.0952. The van der Waals surface area contributed by atoms with Crippen LogP contribution in [0.25, 0.3) is 0 Å². The van der Waals surface area contributed by atoms with Crippen molar-refractivity contribution in [1.29, 1.82) is 0 Å². The molecule has 0 aromatic heterocycles. The number of rotatable bonds is 7. The van der Waals surface area contributed by atoms with Crippen LogP contribution in [0.2, 0.25) is 5.02 Å². The molecule has 0 bridgehead atoms. The van der Waals surface area contributed by atoms with Gasteiger partial charge in [0.25, 0.3) is 5.91 Å². The Balaban J connectivity index is 1.64. The Kier molecular flexibility index (Phi) is 8.38. The number of hydrogen-bond acceptors (Lipinski definition) is 5. The minimum absolute atomic E-state index is 0.105. The average molecular weight is 663 g/mol. The van der Waals surface area contributed by atoms with Crippen molar-refractivity contribution in [1.82, 2.24) is 5.43 Å². The highest BCUT2D eigenvalue weighted by Crippen LogP contribution is 2.29. The lowest BCUT2D eigenvalue weighted by atomic mass is 10.2. The van der Waals surface area contributed by atoms with E-state index >= 15 is 0 Å². The van der Waals surface area contributed by atoms with Crippen LogP contribution in [0.1, 0.15) is 21.5 Å². The molecule has 0 saturated carbocycles. The average Bonchev–Trinajstić information content (AvgIpc) is 2.74. The van der Waals surface area contributed by atoms with Crippen molar-refractivity contribution in [3.63, 3.8) is 0 Å². The predicted octanol–water partition coefficient (Wildman–Crippen LogP) is 5.61. The number of hydrogen-bond donors (Lipinski definition) is 2. The number of aromatic hydroxyl groups is 1. The van der Waals surface area contributed by atoms with Gasteiger partial charge >= 0.3 is 0 Å². The summed E-state index contributed by atoms with van der Waals surface area (Å²) >= 11 is 10.3. The molecule has 0 aliphatic carbocycles. The maximum absolute atomic E-state index is 12.2. The Morgan fingerprint density at radius 1 is 1.13 bits per heavy atom. The van der Waals surface area contributed by atoms with Crippen LogP contribution in [0.3, 0.4) is 0 Å². The quantitative estimate of drug-likeness (QED) is 0.196. The lowest BCUT2D eigenvalue weighted by Crippen LogP contribution is -2.17. The molecule has 0 aliphatic heterocycles. The van der Waals surface area contributed by atoms with E-state index in [2.05, 4.69) is 55.7 Å². The van der Waals surface area contributed by atoms with Gasteiger partial charge in [-0.15, -0.1) is 0 Å². The van der Waals surface area contributed by atoms with Gasteiger partial charge in [-0.2, -0.15) is 5.10 Å². The number of amides is 1. The van der Waals surface area contributed by atoms with Gasteiger partial charge in [0.15, 0.2) is 0 Å². The fraction of sp³-hybridized carbons (Fsp3) is 0.0909. The van der Waals surface area contributed by atoms with E-state index in [1.807, 2.05) is 36.4 Å². The monoisotopic (exact) mass is 662 g/mol. The molecule has 0 atom stereocenters. The summed E-state index contributed by atoms with van der Waals surface area (Å²) in [5, 5.41) is 14.6. The molecule has 3 aromatic rings. The number of benzene rings is 3. The Hall–Kier alpha value is -2.05. The minimum Gasteiger partial charge on any atom is -0.507 e. The smallest absolute Gasteiger partial charge is 0.275 e. The maximum atomic E-state index is 12.2. The van der Waals surface area contributed by atoms with Crippen molar-refractivity contribution in [2.24, 2.45) is 5.10 Å². The van der Waals surface area contributed by atoms with Crippen LogP contribution in [-0.2, 0) is 6.61 Å². The molecule has 1 amide bonds. The topological polar surface area (TPSA) is 80.2 Å². The van der Waals surface area contributed by atoms with Gasteiger partial charge in [-0.05, 0) is 92.7 Å². The van der Waals surface area contributed by atoms with E-state index in [0.717, 1.165) is 24.0 Å². The Labute approximate surface area is 211 Å². The van der Waals surface area contributed by atoms with E-state index < -0.39 is 5.91 Å². The molecule has 3 aromatic carbocycles. The molecule has 3 rings (SSSR count). The van der Waals surface area contributed by atoms with Gasteiger partial charge in [-0.3, -0.25) is 4.79 Å². The Bertz CT molecular complexity index is 1100. The van der Waals surface area contributed by atoms with Crippen molar-refractivity contribution >= 4 is 68.9 Å². The number of nitrogens with zero attached hydrogens (tertiary/aromatic N) is 1. The molecule has 0 saturated heterocycles. The van der Waals surface area contributed by atoms with Crippen molar-refractivity contribution in [2.75, 3.05) is 7.11 Å². The fourth-order valence-corrected chi connectivity index (χ4v) is 4.84. The second kappa shape index (κ2) is 11.0. The normalized spacial score (nSPS) is 10.8. The standard InChI is InChI=1S/C22H17ClI2N2O4/c1-30-16-6-7-17(20(28)10-16)22(29)27-26-11-14-8-18(24)21(19(25)9-14)31-12-13-2-4-15(23)5-3-13/h2-11,28H,12H2,1H3,(H,27,29)/b26-11-. The zero-order valence-electron chi connectivity index (χ0n) is 16.2. The highest BCUT2D eigenvalue weighted by Gasteiger charge is 2.12. The molecule has 0 fully saturated rings. The van der Waals surface area contributed by atoms with E-state index in [-0.39, 0.29) is 11.3 Å². The third-order valence-corrected chi connectivity index (χ3v) is 6.00. The van der Waals surface area contributed by atoms with Crippen LogP contribution in [0.15, 0.2) is 59.7 Å². The zero-order chi connectivity index (χ0) is 22.4. The largest absolute Gasteiger partial charge is 0.507 e. The predicted molar refractivity (Wildman–Crippen MR) is 137 cm³/mol. The summed E-state index contributed by atoms with van der Waals surface area (Å²) in [4.78, 5) is 12.2. The van der Waals surface area contributed by atoms with Crippen molar-refractivity contribution in [3.05, 3.63) is 83.5 Å². The van der Waals surface area contributed by atoms with Crippen LogP contribution in [-0.4, -0.2) is 24.3 Å². The molecule has 0 aliphatic rings. The summed E-state index contributed by atoms with van der Waals surface area (Å²) in [5.41, 5.74) is 4.34. The highest BCUT2D eigenvalue weighted by molar-refractivity contribution is 14.1. The first-order chi connectivity index (χ1) is 14.9. The van der Waals surface area contributed by atoms with Crippen LogP contribution >= 0.6 is 56.8 Å². The molecule has 160 valence electrons. The highest BCUT2D eigenvalue weighted by atomic mass is 127. The Morgan fingerprint density at radius 3 is 2.42 bits per heavy atom. The molecule has 2 N–H and O–H groups in total. The maximum Gasteiger partial charge on any atom is 0.275 e. The molecular weight excluding hydrogens is 646 g/mol. The fourth-order valence-electron chi connectivity index (χ4n) is 2.58. The van der Waals surface area contributed by atoms with Crippen LogP contribution in [0.5, 0.6) is 17.2 Å². The Morgan fingerprint density at radius 2 is 1.81 bits per heavy atom. The summed E-state index contributed by atoms with van der Waals surface area (Å²) < 4.78 is 12.8. The number of halogens is 3. The molecule has 6 nitrogen and oxygen atoms in total. The first-order valence-electron chi connectivity index (χ1n) is 8.94. The number of hydrazone groups is 1. The summed E-state index contributed by atoms with van der Waals surface area (Å²) in [6, 6.07) is 15.7. The van der Waals surface area contributed by atoms with Gasteiger partial charge in [-0.25, -0.2) is 5.43 Å². The van der Waals surface area contributed by atoms with Gasteiger partial charge in [0.05, 0.1) is 26.0 Å². The van der Waals surface area contributed by atoms with Gasteiger partial charge in [0.1, 0.15) is 23.9 Å². The first kappa shape index (κ1) is 23.6. The molecule has 0 radical (unpaired) electrons. The second-order valence-corrected chi connectivity index (χ2v) is 9.07. The molecule has 9 heteroatoms. The number of carbonyl (C=O) groups is 1. The summed E-state index contributed by atoms with van der Waals surface area (Å²) in [6.07, 6.45) is 1.53. The number of phenolic OH excluding ortho intramolecular Hbond substituents is 1. The third-order valence-electron chi connectivity index (χ3n) is 4.15. The number of nitrogens with one attached hydrogen (secondary N) is 1. The summed E-state index contributed by atoms with van der Waals surface area (Å²) in [6.45, 7) is 0.429. The van der Waals surface area contributed by atoms with Crippen LogP contribution in [0.4, 0.5) is 0 Å². The zero-order valence-corrected chi connectivity index (χ0v) is 21.3. The molecule has 0 heterocycles. The van der Waals surface area contributed by atoms with E-state index in [1.165, 1.54) is 25.5 Å². The lowest BCUT2D eigenvalue weighted by Gasteiger charge is -2.11. The van der Waals surface area contributed by atoms with Crippen LogP contribution in [0, 0.1) is 7.14 Å². The minimum atomic E-state index is -0.524. The summed E-state index contributed by atoms with van der Waals surface area (Å²) in [5.74, 6) is 0.530. The van der Waals surface area contributed by atoms with Gasteiger partial charge in [0, 0.05) is 11.1 Å². The van der Waals surface area contributed by atoms with Crippen molar-refractivity contribution in [3.8, 4) is 17.2 Å². The number of methoxy groups -OCH3 is 1. The number of carbonyl (C=O) groups excluding carboxylic acids is 1. The third kappa shape index (κ3) is 6.47. The molecule has 0 spiro atoms. The van der Waals surface area contributed by atoms with Gasteiger partial charge < -0.3 is 14.6 Å². The van der Waals surface area contributed by atoms with Crippen molar-refractivity contribution < 1.29 is 19.4 Å². The van der Waals surface area contributed by atoms with Crippen molar-refractivity contribution in [2.45, 2.75) is 6.61 Å². The van der Waals surface area contributed by atoms with E-state index in [9.17, 15) is 9.90 Å². The number of ether oxygens (including phenoxy) is 2. The van der Waals surface area contributed by atoms with E-state index in [0.29, 0.717) is 17.4 Å².